The van der Waals surface area contributed by atoms with E-state index < -0.39 is 11.9 Å². The molecule has 1 aliphatic rings. The molecule has 6 nitrogen and oxygen atoms in total. The van der Waals surface area contributed by atoms with Crippen LogP contribution in [0.2, 0.25) is 0 Å². The van der Waals surface area contributed by atoms with Crippen LogP contribution in [0, 0.1) is 3.57 Å². The van der Waals surface area contributed by atoms with Gasteiger partial charge in [-0.3, -0.25) is 0 Å². The number of benzene rings is 2. The fourth-order valence-corrected chi connectivity index (χ4v) is 4.37. The van der Waals surface area contributed by atoms with Crippen molar-refractivity contribution < 1.29 is 24.1 Å². The van der Waals surface area contributed by atoms with Crippen LogP contribution in [0.15, 0.2) is 42.5 Å². The fourth-order valence-electron chi connectivity index (χ4n) is 3.77. The Morgan fingerprint density at radius 3 is 2.71 bits per heavy atom. The van der Waals surface area contributed by atoms with Gasteiger partial charge in [-0.2, -0.15) is 0 Å². The summed E-state index contributed by atoms with van der Waals surface area (Å²) in [4.78, 5) is 0. The number of hydrogen-bond donors (Lipinski definition) is 2. The Balaban J connectivity index is 1.15. The summed E-state index contributed by atoms with van der Waals surface area (Å²) in [6, 6.07) is 14.2. The number of halogens is 1. The van der Waals surface area contributed by atoms with Crippen molar-refractivity contribution in [3.05, 3.63) is 62.7 Å². The highest BCUT2D eigenvalue weighted by Gasteiger charge is 2.27. The van der Waals surface area contributed by atoms with E-state index in [1.807, 2.05) is 32.0 Å². The first kappa shape index (κ1) is 27.4. The van der Waals surface area contributed by atoms with Gasteiger partial charge in [0.15, 0.2) is 0 Å². The first-order valence-electron chi connectivity index (χ1n) is 12.2. The van der Waals surface area contributed by atoms with Crippen LogP contribution in [0.5, 0.6) is 5.75 Å². The van der Waals surface area contributed by atoms with Gasteiger partial charge in [0.05, 0.1) is 32.5 Å². The second-order valence-corrected chi connectivity index (χ2v) is 10.3. The normalized spacial score (nSPS) is 15.5. The molecule has 1 aliphatic heterocycles. The summed E-state index contributed by atoms with van der Waals surface area (Å²) in [6.07, 6.45) is 3.91. The van der Waals surface area contributed by atoms with E-state index in [4.69, 9.17) is 18.9 Å². The lowest BCUT2D eigenvalue weighted by Crippen LogP contribution is -2.35. The molecule has 1 atom stereocenters. The molecule has 2 N–H and O–H groups in total. The van der Waals surface area contributed by atoms with Crippen molar-refractivity contribution in [2.24, 2.45) is 0 Å². The van der Waals surface area contributed by atoms with E-state index in [0.717, 1.165) is 55.7 Å². The fraction of sp³-hybridized carbons (Fsp3) is 0.556. The van der Waals surface area contributed by atoms with Gasteiger partial charge in [0.1, 0.15) is 5.75 Å². The molecule has 3 rings (SSSR count). The number of fused-ring (bicyclic) bond motifs is 1. The maximum atomic E-state index is 10.5. The molecule has 188 valence electrons. The zero-order valence-corrected chi connectivity index (χ0v) is 22.5. The van der Waals surface area contributed by atoms with E-state index in [2.05, 4.69) is 52.2 Å². The third kappa shape index (κ3) is 9.79. The predicted octanol–water partition coefficient (Wildman–Crippen LogP) is 5.35. The summed E-state index contributed by atoms with van der Waals surface area (Å²) in [5.74, 6) is 0.232. The topological polar surface area (TPSA) is 69.2 Å². The van der Waals surface area contributed by atoms with Gasteiger partial charge in [-0.25, -0.2) is 0 Å². The zero-order chi connectivity index (χ0) is 24.2. The maximum absolute atomic E-state index is 10.5. The van der Waals surface area contributed by atoms with Crippen molar-refractivity contribution in [3.63, 3.8) is 0 Å². The van der Waals surface area contributed by atoms with Crippen LogP contribution in [0.25, 0.3) is 0 Å². The maximum Gasteiger partial charge on any atom is 0.205 e. The van der Waals surface area contributed by atoms with E-state index in [1.165, 1.54) is 9.13 Å². The summed E-state index contributed by atoms with van der Waals surface area (Å²) in [5, 5.41) is 13.8. The molecular weight excluding hydrogens is 545 g/mol. The Bertz CT molecular complexity index is 876. The molecule has 1 heterocycles. The second kappa shape index (κ2) is 14.4. The lowest BCUT2D eigenvalue weighted by molar-refractivity contribution is -0.180. The minimum atomic E-state index is -0.600. The van der Waals surface area contributed by atoms with Gasteiger partial charge in [-0.05, 0) is 77.4 Å². The first-order chi connectivity index (χ1) is 16.4. The molecule has 1 unspecified atom stereocenters. The highest BCUT2D eigenvalue weighted by atomic mass is 127. The summed E-state index contributed by atoms with van der Waals surface area (Å²) in [7, 11) is 0. The van der Waals surface area contributed by atoms with Crippen molar-refractivity contribution in [1.82, 2.24) is 5.32 Å². The number of nitrogens with one attached hydrogen (secondary N) is 1. The number of rotatable bonds is 15. The van der Waals surface area contributed by atoms with Crippen molar-refractivity contribution in [2.45, 2.75) is 64.6 Å². The standard InChI is InChI=1S/C27H38INO5/c1-27(2)33-20-23-17-22(10-11-26(23)34-27)25(30)18-29-12-5-3-4-6-13-31-14-15-32-19-21-8-7-9-24(28)16-21/h7-11,16-17,25,29-30H,3-6,12-15,18-20H2,1-2H3. The third-order valence-electron chi connectivity index (χ3n) is 5.66. The molecule has 0 radical (unpaired) electrons. The molecule has 0 saturated carbocycles. The van der Waals surface area contributed by atoms with Crippen molar-refractivity contribution >= 4 is 22.6 Å². The average molecular weight is 584 g/mol. The van der Waals surface area contributed by atoms with Crippen LogP contribution in [-0.2, 0) is 27.4 Å². The van der Waals surface area contributed by atoms with E-state index in [0.29, 0.717) is 33.0 Å². The van der Waals surface area contributed by atoms with Gasteiger partial charge in [0.2, 0.25) is 5.79 Å². The first-order valence-corrected chi connectivity index (χ1v) is 13.3. The Kier molecular flexibility index (Phi) is 11.6. The van der Waals surface area contributed by atoms with Gasteiger partial charge in [0.25, 0.3) is 0 Å². The number of unbranched alkanes of at least 4 members (excludes halogenated alkanes) is 3. The Morgan fingerprint density at radius 1 is 1.03 bits per heavy atom. The smallest absolute Gasteiger partial charge is 0.205 e. The monoisotopic (exact) mass is 583 g/mol. The van der Waals surface area contributed by atoms with Gasteiger partial charge in [0, 0.05) is 36.1 Å². The van der Waals surface area contributed by atoms with E-state index in [1.54, 1.807) is 0 Å². The molecule has 34 heavy (non-hydrogen) atoms. The molecule has 0 fully saturated rings. The molecule has 2 aromatic carbocycles. The second-order valence-electron chi connectivity index (χ2n) is 9.09. The third-order valence-corrected chi connectivity index (χ3v) is 6.33. The van der Waals surface area contributed by atoms with Crippen LogP contribution < -0.4 is 10.1 Å². The number of aliphatic hydroxyl groups excluding tert-OH is 1. The van der Waals surface area contributed by atoms with Crippen molar-refractivity contribution in [1.29, 1.82) is 0 Å². The largest absolute Gasteiger partial charge is 0.463 e. The number of aliphatic hydroxyl groups is 1. The lowest BCUT2D eigenvalue weighted by Gasteiger charge is -2.33. The molecule has 0 amide bonds. The van der Waals surface area contributed by atoms with E-state index >= 15 is 0 Å². The van der Waals surface area contributed by atoms with Gasteiger partial charge in [-0.15, -0.1) is 0 Å². The Labute approximate surface area is 217 Å². The minimum absolute atomic E-state index is 0.500. The molecule has 0 aromatic heterocycles. The van der Waals surface area contributed by atoms with Gasteiger partial charge < -0.3 is 29.4 Å². The van der Waals surface area contributed by atoms with Crippen LogP contribution in [0.4, 0.5) is 0 Å². The number of ether oxygens (including phenoxy) is 4. The van der Waals surface area contributed by atoms with Gasteiger partial charge in [-0.1, -0.05) is 31.0 Å². The lowest BCUT2D eigenvalue weighted by atomic mass is 10.0. The number of hydrogen-bond acceptors (Lipinski definition) is 6. The Morgan fingerprint density at radius 2 is 1.85 bits per heavy atom. The molecule has 2 aromatic rings. The average Bonchev–Trinajstić information content (AvgIpc) is 2.81. The zero-order valence-electron chi connectivity index (χ0n) is 20.4. The van der Waals surface area contributed by atoms with E-state index in [9.17, 15) is 5.11 Å². The van der Waals surface area contributed by atoms with Crippen LogP contribution in [-0.4, -0.2) is 43.8 Å². The minimum Gasteiger partial charge on any atom is -0.463 e. The summed E-state index contributed by atoms with van der Waals surface area (Å²) < 4.78 is 24.1. The molecule has 0 saturated heterocycles. The van der Waals surface area contributed by atoms with Crippen molar-refractivity contribution in [2.75, 3.05) is 32.9 Å². The van der Waals surface area contributed by atoms with Crippen molar-refractivity contribution in [3.8, 4) is 5.75 Å². The molecular formula is C27H38INO5. The summed E-state index contributed by atoms with van der Waals surface area (Å²) in [6.45, 7) is 8.42. The molecule has 7 heteroatoms. The quantitative estimate of drug-likeness (QED) is 0.218. The summed E-state index contributed by atoms with van der Waals surface area (Å²) >= 11 is 2.31. The SMILES string of the molecule is CC1(C)OCc2cc(C(O)CNCCCCCCOCCOCc3cccc(I)c3)ccc2O1. The van der Waals surface area contributed by atoms with Crippen LogP contribution in [0.1, 0.15) is 62.3 Å². The molecule has 0 bridgehead atoms. The highest BCUT2D eigenvalue weighted by Crippen LogP contribution is 2.32. The molecule has 0 spiro atoms. The van der Waals surface area contributed by atoms with Crippen LogP contribution >= 0.6 is 22.6 Å². The van der Waals surface area contributed by atoms with E-state index in [-0.39, 0.29) is 0 Å². The molecule has 0 aliphatic carbocycles. The highest BCUT2D eigenvalue weighted by molar-refractivity contribution is 14.1. The Hall–Kier alpha value is -1.23. The predicted molar refractivity (Wildman–Crippen MR) is 142 cm³/mol. The van der Waals surface area contributed by atoms with Gasteiger partial charge >= 0.3 is 0 Å². The van der Waals surface area contributed by atoms with Crippen LogP contribution in [0.3, 0.4) is 0 Å². The summed E-state index contributed by atoms with van der Waals surface area (Å²) in [5.41, 5.74) is 3.07.